The number of carbonyl (C=O) groups is 2. The number of rotatable bonds is 5. The molecule has 2 heterocycles. The van der Waals surface area contributed by atoms with E-state index in [0.717, 1.165) is 45.7 Å². The van der Waals surface area contributed by atoms with Crippen molar-refractivity contribution in [2.75, 3.05) is 45.9 Å². The molecule has 0 radical (unpaired) electrons. The summed E-state index contributed by atoms with van der Waals surface area (Å²) in [7, 11) is 0. The zero-order valence-corrected chi connectivity index (χ0v) is 12.6. The zero-order valence-electron chi connectivity index (χ0n) is 12.6. The maximum atomic E-state index is 12.2. The first-order valence-corrected chi connectivity index (χ1v) is 8.11. The number of likely N-dealkylation sites (tertiary alicyclic amines) is 1. The minimum atomic E-state index is -0.150. The number of morpholine rings is 1. The molecule has 0 bridgehead atoms. The van der Waals surface area contributed by atoms with Gasteiger partial charge in [0.1, 0.15) is 0 Å². The number of hydrogen-bond acceptors (Lipinski definition) is 4. The molecule has 3 fully saturated rings. The Bertz CT molecular complexity index is 392. The number of carbonyl (C=O) groups excluding carboxylic acids is 2. The average Bonchev–Trinajstić information content (AvgIpc) is 2.80. The molecular formula is C15H25N3O3. The fourth-order valence-corrected chi connectivity index (χ4v) is 3.26. The number of ether oxygens (including phenoxy) is 1. The normalized spacial score (nSPS) is 27.7. The van der Waals surface area contributed by atoms with E-state index in [0.29, 0.717) is 25.6 Å². The molecule has 3 rings (SSSR count). The highest BCUT2D eigenvalue weighted by Gasteiger charge is 2.39. The molecule has 6 heteroatoms. The molecule has 21 heavy (non-hydrogen) atoms. The molecule has 1 aliphatic carbocycles. The molecule has 118 valence electrons. The Balaban J connectivity index is 1.38. The standard InChI is InChI=1S/C15H25N3O3/c19-14-10-12(11-18(14)13-2-1-3-13)15(20)16-4-5-17-6-8-21-9-7-17/h12-13H,1-11H2,(H,16,20). The molecule has 2 saturated heterocycles. The Labute approximate surface area is 125 Å². The minimum absolute atomic E-state index is 0.0402. The van der Waals surface area contributed by atoms with E-state index in [9.17, 15) is 9.59 Å². The van der Waals surface area contributed by atoms with Gasteiger partial charge in [0.05, 0.1) is 19.1 Å². The van der Waals surface area contributed by atoms with Gasteiger partial charge in [-0.3, -0.25) is 14.5 Å². The van der Waals surface area contributed by atoms with Crippen LogP contribution in [0.4, 0.5) is 0 Å². The van der Waals surface area contributed by atoms with Crippen LogP contribution in [0.15, 0.2) is 0 Å². The summed E-state index contributed by atoms with van der Waals surface area (Å²) in [5.41, 5.74) is 0. The number of nitrogens with zero attached hydrogens (tertiary/aromatic N) is 2. The average molecular weight is 295 g/mol. The van der Waals surface area contributed by atoms with Crippen molar-refractivity contribution in [2.45, 2.75) is 31.7 Å². The van der Waals surface area contributed by atoms with E-state index < -0.39 is 0 Å². The van der Waals surface area contributed by atoms with Crippen LogP contribution in [0.3, 0.4) is 0 Å². The molecule has 6 nitrogen and oxygen atoms in total. The van der Waals surface area contributed by atoms with E-state index in [1.165, 1.54) is 6.42 Å². The van der Waals surface area contributed by atoms with Crippen molar-refractivity contribution < 1.29 is 14.3 Å². The van der Waals surface area contributed by atoms with Crippen LogP contribution in [0, 0.1) is 5.92 Å². The highest BCUT2D eigenvalue weighted by atomic mass is 16.5. The molecular weight excluding hydrogens is 270 g/mol. The minimum Gasteiger partial charge on any atom is -0.379 e. The fourth-order valence-electron chi connectivity index (χ4n) is 3.26. The lowest BCUT2D eigenvalue weighted by molar-refractivity contribution is -0.131. The second-order valence-corrected chi connectivity index (χ2v) is 6.28. The molecule has 1 atom stereocenters. The highest BCUT2D eigenvalue weighted by Crippen LogP contribution is 2.30. The van der Waals surface area contributed by atoms with Gasteiger partial charge >= 0.3 is 0 Å². The monoisotopic (exact) mass is 295 g/mol. The molecule has 0 aromatic heterocycles. The van der Waals surface area contributed by atoms with Crippen LogP contribution in [0.25, 0.3) is 0 Å². The molecule has 1 unspecified atom stereocenters. The topological polar surface area (TPSA) is 61.9 Å². The summed E-state index contributed by atoms with van der Waals surface area (Å²) < 4.78 is 5.30. The lowest BCUT2D eigenvalue weighted by Crippen LogP contribution is -2.43. The van der Waals surface area contributed by atoms with E-state index in [-0.39, 0.29) is 17.7 Å². The van der Waals surface area contributed by atoms with Crippen LogP contribution in [0.1, 0.15) is 25.7 Å². The Hall–Kier alpha value is -1.14. The predicted molar refractivity (Wildman–Crippen MR) is 77.7 cm³/mol. The van der Waals surface area contributed by atoms with Gasteiger partial charge in [0, 0.05) is 45.2 Å². The van der Waals surface area contributed by atoms with Crippen LogP contribution < -0.4 is 5.32 Å². The van der Waals surface area contributed by atoms with Gasteiger partial charge in [-0.05, 0) is 19.3 Å². The first-order chi connectivity index (χ1) is 10.2. The molecule has 2 amide bonds. The fraction of sp³-hybridized carbons (Fsp3) is 0.867. The van der Waals surface area contributed by atoms with Crippen molar-refractivity contribution >= 4 is 11.8 Å². The highest BCUT2D eigenvalue weighted by molar-refractivity contribution is 5.89. The number of hydrogen-bond donors (Lipinski definition) is 1. The van der Waals surface area contributed by atoms with E-state index >= 15 is 0 Å². The van der Waals surface area contributed by atoms with Gasteiger partial charge in [-0.25, -0.2) is 0 Å². The lowest BCUT2D eigenvalue weighted by Gasteiger charge is -2.34. The third-order valence-electron chi connectivity index (χ3n) is 4.88. The molecule has 0 aromatic carbocycles. The third-order valence-corrected chi connectivity index (χ3v) is 4.88. The maximum absolute atomic E-state index is 12.2. The molecule has 0 spiro atoms. The van der Waals surface area contributed by atoms with Gasteiger partial charge in [-0.15, -0.1) is 0 Å². The first kappa shape index (κ1) is 14.8. The predicted octanol–water partition coefficient (Wildman–Crippen LogP) is -0.164. The summed E-state index contributed by atoms with van der Waals surface area (Å²) in [5, 5.41) is 2.99. The molecule has 0 aromatic rings. The molecule has 3 aliphatic rings. The van der Waals surface area contributed by atoms with Crippen LogP contribution in [-0.4, -0.2) is 73.6 Å². The van der Waals surface area contributed by atoms with Crippen molar-refractivity contribution in [2.24, 2.45) is 5.92 Å². The smallest absolute Gasteiger partial charge is 0.225 e. The summed E-state index contributed by atoms with van der Waals surface area (Å²) in [5.74, 6) is 0.0502. The summed E-state index contributed by atoms with van der Waals surface area (Å²) in [6.45, 7) is 5.57. The van der Waals surface area contributed by atoms with Crippen LogP contribution in [0.2, 0.25) is 0 Å². The third kappa shape index (κ3) is 3.55. The first-order valence-electron chi connectivity index (χ1n) is 8.11. The van der Waals surface area contributed by atoms with Gasteiger partial charge in [-0.1, -0.05) is 0 Å². The zero-order chi connectivity index (χ0) is 14.7. The molecule has 1 N–H and O–H groups in total. The Morgan fingerprint density at radius 3 is 2.71 bits per heavy atom. The van der Waals surface area contributed by atoms with Gasteiger partial charge in [-0.2, -0.15) is 0 Å². The summed E-state index contributed by atoms with van der Waals surface area (Å²) in [6.07, 6.45) is 3.82. The Kier molecular flexibility index (Phi) is 4.75. The van der Waals surface area contributed by atoms with Crippen molar-refractivity contribution in [1.29, 1.82) is 0 Å². The van der Waals surface area contributed by atoms with Gasteiger partial charge in [0.15, 0.2) is 0 Å². The second kappa shape index (κ2) is 6.75. The van der Waals surface area contributed by atoms with Crippen molar-refractivity contribution in [1.82, 2.24) is 15.1 Å². The van der Waals surface area contributed by atoms with Crippen LogP contribution >= 0.6 is 0 Å². The summed E-state index contributed by atoms with van der Waals surface area (Å²) in [4.78, 5) is 28.4. The van der Waals surface area contributed by atoms with Crippen LogP contribution in [-0.2, 0) is 14.3 Å². The number of nitrogens with one attached hydrogen (secondary N) is 1. The van der Waals surface area contributed by atoms with Crippen molar-refractivity contribution in [3.8, 4) is 0 Å². The number of amides is 2. The van der Waals surface area contributed by atoms with Crippen molar-refractivity contribution in [3.63, 3.8) is 0 Å². The SMILES string of the molecule is O=C(NCCN1CCOCC1)C1CC(=O)N(C2CCC2)C1. The molecule has 2 aliphatic heterocycles. The Morgan fingerprint density at radius 2 is 2.05 bits per heavy atom. The molecule has 1 saturated carbocycles. The summed E-state index contributed by atoms with van der Waals surface area (Å²) >= 11 is 0. The van der Waals surface area contributed by atoms with E-state index in [2.05, 4.69) is 10.2 Å². The Morgan fingerprint density at radius 1 is 1.29 bits per heavy atom. The largest absolute Gasteiger partial charge is 0.379 e. The van der Waals surface area contributed by atoms with Gasteiger partial charge in [0.2, 0.25) is 11.8 Å². The second-order valence-electron chi connectivity index (χ2n) is 6.28. The van der Waals surface area contributed by atoms with E-state index in [1.807, 2.05) is 4.90 Å². The maximum Gasteiger partial charge on any atom is 0.225 e. The van der Waals surface area contributed by atoms with Gasteiger partial charge < -0.3 is 15.0 Å². The van der Waals surface area contributed by atoms with Crippen LogP contribution in [0.5, 0.6) is 0 Å². The van der Waals surface area contributed by atoms with E-state index in [1.54, 1.807) is 0 Å². The van der Waals surface area contributed by atoms with E-state index in [4.69, 9.17) is 4.74 Å². The van der Waals surface area contributed by atoms with Gasteiger partial charge in [0.25, 0.3) is 0 Å². The lowest BCUT2D eigenvalue weighted by atomic mass is 9.92. The summed E-state index contributed by atoms with van der Waals surface area (Å²) in [6, 6.07) is 0.406. The van der Waals surface area contributed by atoms with Crippen molar-refractivity contribution in [3.05, 3.63) is 0 Å². The quantitative estimate of drug-likeness (QED) is 0.765.